The van der Waals surface area contributed by atoms with Crippen molar-refractivity contribution in [2.24, 2.45) is 0 Å². The molecule has 1 heterocycles. The van der Waals surface area contributed by atoms with Crippen molar-refractivity contribution in [1.29, 1.82) is 0 Å². The van der Waals surface area contributed by atoms with Crippen LogP contribution in [0.5, 0.6) is 0 Å². The largest absolute Gasteiger partial charge is 0.461 e. The van der Waals surface area contributed by atoms with E-state index in [9.17, 15) is 9.59 Å². The Hall–Kier alpha value is -1.70. The average Bonchev–Trinajstić information content (AvgIpc) is 3.64. The number of ether oxygens (including phenoxy) is 4. The van der Waals surface area contributed by atoms with E-state index in [-0.39, 0.29) is 18.0 Å². The van der Waals surface area contributed by atoms with Gasteiger partial charge < -0.3 is 23.8 Å². The Labute approximate surface area is 308 Å². The Balaban J connectivity index is 2.12. The van der Waals surface area contributed by atoms with Crippen molar-refractivity contribution in [3.63, 3.8) is 0 Å². The van der Waals surface area contributed by atoms with Crippen LogP contribution in [0.15, 0.2) is 24.3 Å². The van der Waals surface area contributed by atoms with Gasteiger partial charge in [-0.2, -0.15) is 0 Å². The highest BCUT2D eigenvalue weighted by Gasteiger charge is 2.12. The minimum Gasteiger partial charge on any atom is -0.461 e. The van der Waals surface area contributed by atoms with E-state index in [0.29, 0.717) is 32.8 Å². The van der Waals surface area contributed by atoms with Gasteiger partial charge in [-0.25, -0.2) is 0 Å². The van der Waals surface area contributed by atoms with E-state index in [2.05, 4.69) is 30.9 Å². The third-order valence-corrected chi connectivity index (χ3v) is 9.66. The van der Waals surface area contributed by atoms with Gasteiger partial charge in [-0.1, -0.05) is 134 Å². The molecule has 0 saturated carbocycles. The first-order chi connectivity index (χ1) is 24.7. The predicted octanol–water partition coefficient (Wildman–Crippen LogP) is 11.4. The van der Waals surface area contributed by atoms with E-state index in [1.807, 2.05) is 12.2 Å². The van der Waals surface area contributed by atoms with Gasteiger partial charge in [0.25, 0.3) is 0 Å². The fourth-order valence-electron chi connectivity index (χ4n) is 6.41. The van der Waals surface area contributed by atoms with Crippen molar-refractivity contribution < 1.29 is 28.5 Å². The summed E-state index contributed by atoms with van der Waals surface area (Å²) < 4.78 is 22.8. The van der Waals surface area contributed by atoms with Crippen LogP contribution in [0.25, 0.3) is 0 Å². The Kier molecular flexibility index (Phi) is 34.3. The number of rotatable bonds is 37. The van der Waals surface area contributed by atoms with Crippen LogP contribution in [0.4, 0.5) is 0 Å². The van der Waals surface area contributed by atoms with Gasteiger partial charge in [0.2, 0.25) is 0 Å². The van der Waals surface area contributed by atoms with Crippen LogP contribution in [-0.4, -0.2) is 69.2 Å². The standard InChI is InChI=1S/C43H79NO6/c1-3-5-7-9-13-20-28-37-48-42(45)32-24-18-12-11-16-22-30-41(50-40-47-39-36-44-34-26-27-35-44)31-23-17-15-19-25-33-43(46)49-38-29-21-14-10-8-6-4-2/h20-21,28-29,41H,3-19,22-27,30-40H2,1-2H3. The molecule has 292 valence electrons. The number of hydrogen-bond donors (Lipinski definition) is 0. The normalized spacial score (nSPS) is 14.3. The lowest BCUT2D eigenvalue weighted by Gasteiger charge is -2.19. The monoisotopic (exact) mass is 706 g/mol. The molecule has 0 aromatic rings. The van der Waals surface area contributed by atoms with Gasteiger partial charge in [-0.05, 0) is 77.3 Å². The summed E-state index contributed by atoms with van der Waals surface area (Å²) in [5.41, 5.74) is 0. The third-order valence-electron chi connectivity index (χ3n) is 9.66. The lowest BCUT2D eigenvalue weighted by molar-refractivity contribution is -0.143. The lowest BCUT2D eigenvalue weighted by atomic mass is 10.0. The van der Waals surface area contributed by atoms with Gasteiger partial charge in [-0.15, -0.1) is 0 Å². The molecule has 0 aliphatic carbocycles. The Morgan fingerprint density at radius 3 is 1.54 bits per heavy atom. The smallest absolute Gasteiger partial charge is 0.306 e. The van der Waals surface area contributed by atoms with Gasteiger partial charge in [0.15, 0.2) is 0 Å². The SMILES string of the molecule is CCCCCCC=CCOC(=O)CCCCCCCCC(CCCCCCCC(=O)OCC=CCCCCCC)OCOCCN1CCCC1. The molecule has 1 atom stereocenters. The molecule has 0 bridgehead atoms. The van der Waals surface area contributed by atoms with Crippen LogP contribution in [0.3, 0.4) is 0 Å². The van der Waals surface area contributed by atoms with Gasteiger partial charge in [-0.3, -0.25) is 9.59 Å². The molecule has 0 N–H and O–H groups in total. The molecular weight excluding hydrogens is 626 g/mol. The van der Waals surface area contributed by atoms with Gasteiger partial charge in [0.05, 0.1) is 12.7 Å². The number of hydrogen-bond acceptors (Lipinski definition) is 7. The Morgan fingerprint density at radius 1 is 0.580 bits per heavy atom. The predicted molar refractivity (Wildman–Crippen MR) is 208 cm³/mol. The molecule has 0 radical (unpaired) electrons. The number of esters is 2. The fourth-order valence-corrected chi connectivity index (χ4v) is 6.41. The number of likely N-dealkylation sites (tertiary alicyclic amines) is 1. The maximum absolute atomic E-state index is 12.0. The number of carbonyl (C=O) groups excluding carboxylic acids is 2. The first-order valence-corrected chi connectivity index (χ1v) is 21.2. The minimum atomic E-state index is -0.0759. The van der Waals surface area contributed by atoms with Crippen LogP contribution in [0.2, 0.25) is 0 Å². The van der Waals surface area contributed by atoms with Crippen molar-refractivity contribution >= 4 is 11.9 Å². The minimum absolute atomic E-state index is 0.0717. The number of nitrogens with zero attached hydrogens (tertiary/aromatic N) is 1. The molecule has 1 aliphatic heterocycles. The molecule has 1 saturated heterocycles. The molecule has 50 heavy (non-hydrogen) atoms. The van der Waals surface area contributed by atoms with Gasteiger partial charge in [0, 0.05) is 19.4 Å². The molecule has 1 rings (SSSR count). The quantitative estimate of drug-likeness (QED) is 0.0276. The molecule has 1 unspecified atom stereocenters. The van der Waals surface area contributed by atoms with Crippen LogP contribution in [0, 0.1) is 0 Å². The van der Waals surface area contributed by atoms with Crippen molar-refractivity contribution in [2.75, 3.05) is 46.2 Å². The Morgan fingerprint density at radius 2 is 1.04 bits per heavy atom. The van der Waals surface area contributed by atoms with E-state index >= 15 is 0 Å². The maximum Gasteiger partial charge on any atom is 0.306 e. The van der Waals surface area contributed by atoms with Crippen molar-refractivity contribution in [3.05, 3.63) is 24.3 Å². The van der Waals surface area contributed by atoms with Gasteiger partial charge >= 0.3 is 11.9 Å². The van der Waals surface area contributed by atoms with Crippen molar-refractivity contribution in [1.82, 2.24) is 4.90 Å². The summed E-state index contributed by atoms with van der Waals surface area (Å²) in [7, 11) is 0. The highest BCUT2D eigenvalue weighted by atomic mass is 16.7. The fraction of sp³-hybridized carbons (Fsp3) is 0.860. The van der Waals surface area contributed by atoms with Crippen LogP contribution in [0.1, 0.15) is 187 Å². The molecule has 0 aromatic heterocycles. The Bertz CT molecular complexity index is 809. The van der Waals surface area contributed by atoms with E-state index in [1.165, 1.54) is 109 Å². The summed E-state index contributed by atoms with van der Waals surface area (Å²) in [5.74, 6) is -0.148. The molecule has 0 spiro atoms. The maximum atomic E-state index is 12.0. The van der Waals surface area contributed by atoms with Crippen LogP contribution in [-0.2, 0) is 28.5 Å². The lowest BCUT2D eigenvalue weighted by Crippen LogP contribution is -2.25. The summed E-state index contributed by atoms with van der Waals surface area (Å²) in [6.45, 7) is 9.80. The van der Waals surface area contributed by atoms with E-state index in [4.69, 9.17) is 18.9 Å². The van der Waals surface area contributed by atoms with E-state index in [1.54, 1.807) is 0 Å². The molecule has 1 fully saturated rings. The second-order valence-electron chi connectivity index (χ2n) is 14.3. The summed E-state index contributed by atoms with van der Waals surface area (Å²) in [5, 5.41) is 0. The number of carbonyl (C=O) groups is 2. The van der Waals surface area contributed by atoms with Gasteiger partial charge in [0.1, 0.15) is 20.0 Å². The first kappa shape index (κ1) is 46.3. The number of allylic oxidation sites excluding steroid dienone is 2. The van der Waals surface area contributed by atoms with Crippen LogP contribution >= 0.6 is 0 Å². The highest BCUT2D eigenvalue weighted by Crippen LogP contribution is 2.18. The molecule has 0 amide bonds. The molecule has 7 nitrogen and oxygen atoms in total. The van der Waals surface area contributed by atoms with E-state index in [0.717, 1.165) is 77.4 Å². The average molecular weight is 706 g/mol. The second kappa shape index (κ2) is 37.1. The third kappa shape index (κ3) is 32.2. The number of unbranched alkanes of at least 4 members (excludes halogenated alkanes) is 17. The summed E-state index contributed by atoms with van der Waals surface area (Å²) in [6.07, 6.45) is 38.8. The summed E-state index contributed by atoms with van der Waals surface area (Å²) in [4.78, 5) is 26.5. The van der Waals surface area contributed by atoms with Crippen LogP contribution < -0.4 is 0 Å². The van der Waals surface area contributed by atoms with Crippen molar-refractivity contribution in [2.45, 2.75) is 193 Å². The molecule has 7 heteroatoms. The van der Waals surface area contributed by atoms with E-state index < -0.39 is 0 Å². The first-order valence-electron chi connectivity index (χ1n) is 21.2. The summed E-state index contributed by atoms with van der Waals surface area (Å²) >= 11 is 0. The zero-order chi connectivity index (χ0) is 36.0. The zero-order valence-corrected chi connectivity index (χ0v) is 32.8. The second-order valence-corrected chi connectivity index (χ2v) is 14.3. The highest BCUT2D eigenvalue weighted by molar-refractivity contribution is 5.69. The molecule has 1 aliphatic rings. The summed E-state index contributed by atoms with van der Waals surface area (Å²) in [6, 6.07) is 0. The van der Waals surface area contributed by atoms with Crippen molar-refractivity contribution in [3.8, 4) is 0 Å². The topological polar surface area (TPSA) is 74.3 Å². The molecule has 0 aromatic carbocycles. The zero-order valence-electron chi connectivity index (χ0n) is 32.8. The molecular formula is C43H79NO6.